The molecule has 4 aromatic rings. The molecule has 1 aliphatic carbocycles. The van der Waals surface area contributed by atoms with Gasteiger partial charge in [0.05, 0.1) is 41.2 Å². The van der Waals surface area contributed by atoms with Crippen molar-refractivity contribution in [2.45, 2.75) is 50.7 Å². The zero-order chi connectivity index (χ0) is 45.2. The minimum atomic E-state index is -1.01. The number of imide groups is 2. The van der Waals surface area contributed by atoms with E-state index in [2.05, 4.69) is 20.4 Å². The Bertz CT molecular complexity index is 2640. The van der Waals surface area contributed by atoms with E-state index in [1.54, 1.807) is 45.7 Å². The van der Waals surface area contributed by atoms with Gasteiger partial charge in [-0.05, 0) is 75.3 Å². The van der Waals surface area contributed by atoms with E-state index in [1.807, 2.05) is 42.1 Å². The number of carbonyl (C=O) groups is 6. The van der Waals surface area contributed by atoms with Gasteiger partial charge in [0.1, 0.15) is 17.5 Å². The molecule has 4 aliphatic heterocycles. The number of hydrogen-bond acceptors (Lipinski definition) is 13. The summed E-state index contributed by atoms with van der Waals surface area (Å²) >= 11 is 1.30. The molecule has 64 heavy (non-hydrogen) atoms. The van der Waals surface area contributed by atoms with Crippen LogP contribution in [0.4, 0.5) is 5.69 Å². The van der Waals surface area contributed by atoms with Gasteiger partial charge < -0.3 is 34.1 Å². The van der Waals surface area contributed by atoms with E-state index in [9.17, 15) is 33.6 Å². The summed E-state index contributed by atoms with van der Waals surface area (Å²) in [5.41, 5.74) is 3.68. The number of methoxy groups -OCH3 is 2. The van der Waals surface area contributed by atoms with Crippen LogP contribution in [0.1, 0.15) is 68.1 Å². The van der Waals surface area contributed by atoms with Gasteiger partial charge in [0, 0.05) is 106 Å². The number of piperidine rings is 1. The van der Waals surface area contributed by atoms with Gasteiger partial charge in [0.15, 0.2) is 0 Å². The molecule has 0 radical (unpaired) electrons. The van der Waals surface area contributed by atoms with E-state index in [1.165, 1.54) is 15.9 Å². The predicted molar refractivity (Wildman–Crippen MR) is 239 cm³/mol. The molecule has 4 fully saturated rings. The normalized spacial score (nSPS) is 19.8. The summed E-state index contributed by atoms with van der Waals surface area (Å²) in [5, 5.41) is 5.88. The molecule has 1 spiro atoms. The van der Waals surface area contributed by atoms with Gasteiger partial charge in [-0.25, -0.2) is 0 Å². The highest BCUT2D eigenvalue weighted by molar-refractivity contribution is 7.21. The number of aromatic nitrogens is 1. The van der Waals surface area contributed by atoms with Crippen molar-refractivity contribution in [3.63, 3.8) is 0 Å². The number of fused-ring (bicyclic) bond motifs is 2. The van der Waals surface area contributed by atoms with E-state index >= 15 is 0 Å². The number of anilines is 1. The highest BCUT2D eigenvalue weighted by Gasteiger charge is 2.54. The first-order chi connectivity index (χ1) is 30.6. The average molecular weight is 893 g/mol. The molecule has 1 unspecified atom stereocenters. The van der Waals surface area contributed by atoms with Gasteiger partial charge in [0.2, 0.25) is 17.7 Å². The van der Waals surface area contributed by atoms with E-state index in [0.717, 1.165) is 57.9 Å². The Hall–Kier alpha value is -6.11. The Morgan fingerprint density at radius 1 is 0.906 bits per heavy atom. The third kappa shape index (κ3) is 7.80. The average Bonchev–Trinajstić information content (AvgIpc) is 3.80. The Morgan fingerprint density at radius 3 is 2.25 bits per heavy atom. The van der Waals surface area contributed by atoms with Crippen LogP contribution in [0.15, 0.2) is 47.4 Å². The first-order valence-electron chi connectivity index (χ1n) is 21.6. The molecular formula is C46H52N8O9S. The molecule has 3 saturated heterocycles. The van der Waals surface area contributed by atoms with E-state index in [0.29, 0.717) is 67.5 Å². The van der Waals surface area contributed by atoms with E-state index in [-0.39, 0.29) is 52.8 Å². The lowest BCUT2D eigenvalue weighted by Gasteiger charge is -2.59. The predicted octanol–water partition coefficient (Wildman–Crippen LogP) is 2.68. The molecule has 1 saturated carbocycles. The Balaban J connectivity index is 0.746. The van der Waals surface area contributed by atoms with Crippen molar-refractivity contribution in [2.75, 3.05) is 79.0 Å². The second-order valence-corrected chi connectivity index (χ2v) is 19.0. The quantitative estimate of drug-likeness (QED) is 0.199. The maximum atomic E-state index is 13.6. The van der Waals surface area contributed by atoms with Gasteiger partial charge in [-0.15, -0.1) is 11.3 Å². The monoisotopic (exact) mass is 892 g/mol. The Morgan fingerprint density at radius 2 is 1.59 bits per heavy atom. The summed E-state index contributed by atoms with van der Waals surface area (Å²) in [6, 6.07) is 9.72. The van der Waals surface area contributed by atoms with Crippen LogP contribution in [-0.4, -0.2) is 146 Å². The van der Waals surface area contributed by atoms with Crippen molar-refractivity contribution >= 4 is 62.6 Å². The molecule has 6 heterocycles. The maximum absolute atomic E-state index is 13.6. The van der Waals surface area contributed by atoms with E-state index in [4.69, 9.17) is 9.47 Å². The summed E-state index contributed by atoms with van der Waals surface area (Å²) in [5.74, 6) is -0.854. The molecule has 17 nitrogen and oxygen atoms in total. The van der Waals surface area contributed by atoms with Gasteiger partial charge in [-0.2, -0.15) is 0 Å². The number of carbonyl (C=O) groups excluding carboxylic acids is 6. The first-order valence-corrected chi connectivity index (χ1v) is 22.4. The third-order valence-corrected chi connectivity index (χ3v) is 14.5. The molecule has 1 atom stereocenters. The van der Waals surface area contributed by atoms with Gasteiger partial charge in [-0.3, -0.25) is 48.7 Å². The van der Waals surface area contributed by atoms with Crippen molar-refractivity contribution < 1.29 is 38.2 Å². The fourth-order valence-electron chi connectivity index (χ4n) is 10.0. The number of likely N-dealkylation sites (tertiary alicyclic amines) is 1. The van der Waals surface area contributed by atoms with Crippen LogP contribution in [0.5, 0.6) is 11.5 Å². The number of benzene rings is 2. The van der Waals surface area contributed by atoms with Crippen molar-refractivity contribution in [2.24, 2.45) is 12.5 Å². The summed E-state index contributed by atoms with van der Waals surface area (Å²) < 4.78 is 13.8. The highest BCUT2D eigenvalue weighted by Crippen LogP contribution is 2.49. The number of thiophene rings is 1. The molecule has 9 rings (SSSR count). The minimum Gasteiger partial charge on any atom is -0.496 e. The first kappa shape index (κ1) is 43.2. The lowest BCUT2D eigenvalue weighted by molar-refractivity contribution is -0.152. The number of nitrogens with one attached hydrogen (secondary N) is 2. The SMILES string of the molecule is COc1cc(-c2cn(C)c(=O)c3cc(C(=O)NC4CC5(C4)CN(C(=O)CCN4CCN(c6ccc7c(c6)C(=O)N(C6CCC(=O)NC6=O)C7=O)CC4)C5)sc23)cc(OC)c1CN(C)C. The topological polar surface area (TPSA) is 183 Å². The standard InChI is InChI=1S/C46H52N8O9S/c1-49(2)22-33-35(62-4)16-26(17-36(33)63-5)32-23-50(3)43(59)31-19-37(64-40(31)32)42(58)47-27-20-46(21-27)24-53(25-46)39(56)10-11-51-12-14-52(15-13-51)28-6-7-29-30(18-28)45(61)54(44(29)60)34-8-9-38(55)48-41(34)57/h6-7,16-19,23,27,34H,8-15,20-22,24-25H2,1-5H3,(H,47,58)(H,48,55,57). The summed E-state index contributed by atoms with van der Waals surface area (Å²) in [6.45, 7) is 5.43. The highest BCUT2D eigenvalue weighted by atomic mass is 32.1. The molecule has 2 aromatic heterocycles. The second-order valence-electron chi connectivity index (χ2n) is 18.0. The number of rotatable bonds is 12. The number of ether oxygens (including phenoxy) is 2. The summed E-state index contributed by atoms with van der Waals surface area (Å²) in [6.07, 6.45) is 3.96. The smallest absolute Gasteiger partial charge is 0.262 e. The fraction of sp³-hybridized carbons (Fsp3) is 0.457. The molecule has 336 valence electrons. The van der Waals surface area contributed by atoms with Crippen molar-refractivity contribution in [1.82, 2.24) is 34.8 Å². The number of piperazine rings is 1. The number of amides is 6. The number of pyridine rings is 1. The summed E-state index contributed by atoms with van der Waals surface area (Å²) in [4.78, 5) is 100. The second kappa shape index (κ2) is 16.8. The number of aryl methyl sites for hydroxylation is 1. The minimum absolute atomic E-state index is 0.0140. The largest absolute Gasteiger partial charge is 0.496 e. The third-order valence-electron chi connectivity index (χ3n) is 13.4. The molecule has 0 bridgehead atoms. The molecule has 18 heteroatoms. The molecular weight excluding hydrogens is 841 g/mol. The van der Waals surface area contributed by atoms with Crippen LogP contribution in [-0.2, 0) is 28.0 Å². The van der Waals surface area contributed by atoms with Crippen LogP contribution in [0, 0.1) is 5.41 Å². The Kier molecular flexibility index (Phi) is 11.3. The lowest BCUT2D eigenvalue weighted by atomic mass is 9.60. The lowest BCUT2D eigenvalue weighted by Crippen LogP contribution is -2.67. The van der Waals surface area contributed by atoms with Crippen molar-refractivity contribution in [3.05, 3.63) is 74.5 Å². The molecule has 2 aromatic carbocycles. The molecule has 6 amide bonds. The molecule has 2 N–H and O–H groups in total. The Labute approximate surface area is 373 Å². The zero-order valence-corrected chi connectivity index (χ0v) is 37.5. The van der Waals surface area contributed by atoms with Gasteiger partial charge >= 0.3 is 0 Å². The fourth-order valence-corrected chi connectivity index (χ4v) is 11.1. The van der Waals surface area contributed by atoms with Crippen LogP contribution >= 0.6 is 11.3 Å². The number of hydrogen-bond donors (Lipinski definition) is 2. The van der Waals surface area contributed by atoms with Crippen LogP contribution in [0.3, 0.4) is 0 Å². The maximum Gasteiger partial charge on any atom is 0.262 e. The van der Waals surface area contributed by atoms with Gasteiger partial charge in [-0.1, -0.05) is 0 Å². The van der Waals surface area contributed by atoms with Crippen LogP contribution in [0.25, 0.3) is 21.2 Å². The van der Waals surface area contributed by atoms with Crippen LogP contribution in [0.2, 0.25) is 0 Å². The molecule has 5 aliphatic rings. The van der Waals surface area contributed by atoms with Crippen molar-refractivity contribution in [1.29, 1.82) is 0 Å². The zero-order valence-electron chi connectivity index (χ0n) is 36.7. The van der Waals surface area contributed by atoms with Gasteiger partial charge in [0.25, 0.3) is 23.3 Å². The van der Waals surface area contributed by atoms with Crippen molar-refractivity contribution in [3.8, 4) is 22.6 Å². The van der Waals surface area contributed by atoms with E-state index < -0.39 is 29.7 Å². The summed E-state index contributed by atoms with van der Waals surface area (Å²) in [7, 11) is 8.90. The number of nitrogens with zero attached hydrogens (tertiary/aromatic N) is 6. The van der Waals surface area contributed by atoms with Crippen LogP contribution < -0.4 is 30.6 Å².